The first-order valence-corrected chi connectivity index (χ1v) is 15.8. The number of aromatic nitrogens is 2. The lowest BCUT2D eigenvalue weighted by molar-refractivity contribution is -0.133. The van der Waals surface area contributed by atoms with Gasteiger partial charge in [-0.15, -0.1) is 4.91 Å². The molecule has 0 bridgehead atoms. The summed E-state index contributed by atoms with van der Waals surface area (Å²) in [6, 6.07) is 13.2. The highest BCUT2D eigenvalue weighted by Crippen LogP contribution is 2.35. The van der Waals surface area contributed by atoms with Gasteiger partial charge in [-0.2, -0.15) is 0 Å². The minimum Gasteiger partial charge on any atom is -0.496 e. The van der Waals surface area contributed by atoms with E-state index >= 15 is 0 Å². The van der Waals surface area contributed by atoms with Crippen molar-refractivity contribution in [1.29, 1.82) is 0 Å². The molecule has 11 nitrogen and oxygen atoms in total. The van der Waals surface area contributed by atoms with Crippen molar-refractivity contribution >= 4 is 52.1 Å². The highest BCUT2D eigenvalue weighted by atomic mass is 35.5. The van der Waals surface area contributed by atoms with Crippen LogP contribution in [0.2, 0.25) is 5.02 Å². The highest BCUT2D eigenvalue weighted by Gasteiger charge is 2.29. The van der Waals surface area contributed by atoms with E-state index in [-0.39, 0.29) is 28.7 Å². The summed E-state index contributed by atoms with van der Waals surface area (Å²) in [6.07, 6.45) is 1.27. The molecule has 2 aromatic heterocycles. The number of carbonyl (C=O) groups is 3. The molecule has 1 saturated heterocycles. The van der Waals surface area contributed by atoms with Gasteiger partial charge in [-0.1, -0.05) is 11.6 Å². The van der Waals surface area contributed by atoms with Crippen molar-refractivity contribution in [2.45, 2.75) is 31.9 Å². The SMILES string of the molecule is COc1ccc2[nH]c(C)c(CC(=O)Oc3ccc(C(=O)N4CCN(CC(C)(C)SN=O)CC4)cn3)c2c1C(=O)c1ccc(Cl)cc1. The second-order valence-electron chi connectivity index (χ2n) is 11.7. The normalized spacial score (nSPS) is 13.9. The molecule has 5 rings (SSSR count). The van der Waals surface area contributed by atoms with E-state index in [1.54, 1.807) is 47.4 Å². The van der Waals surface area contributed by atoms with Gasteiger partial charge in [0.2, 0.25) is 5.88 Å². The third-order valence-electron chi connectivity index (χ3n) is 7.87. The molecule has 1 fully saturated rings. The molecule has 0 saturated carbocycles. The quantitative estimate of drug-likeness (QED) is 0.0906. The first-order valence-electron chi connectivity index (χ1n) is 14.7. The Labute approximate surface area is 275 Å². The second-order valence-corrected chi connectivity index (χ2v) is 13.5. The molecular formula is C33H34ClN5O6S. The number of esters is 1. The number of piperazine rings is 1. The maximum atomic E-state index is 13.7. The Bertz CT molecular complexity index is 1770. The van der Waals surface area contributed by atoms with Crippen molar-refractivity contribution in [3.63, 3.8) is 0 Å². The van der Waals surface area contributed by atoms with Gasteiger partial charge in [0, 0.05) is 93.4 Å². The molecule has 0 atom stereocenters. The average molecular weight is 664 g/mol. The number of hydrogen-bond donors (Lipinski definition) is 1. The maximum Gasteiger partial charge on any atom is 0.317 e. The van der Waals surface area contributed by atoms with Crippen molar-refractivity contribution in [2.24, 2.45) is 4.58 Å². The second kappa shape index (κ2) is 14.0. The maximum absolute atomic E-state index is 13.7. The molecule has 1 aliphatic rings. The van der Waals surface area contributed by atoms with Crippen LogP contribution >= 0.6 is 23.5 Å². The smallest absolute Gasteiger partial charge is 0.317 e. The number of ketones is 1. The monoisotopic (exact) mass is 663 g/mol. The lowest BCUT2D eigenvalue weighted by Gasteiger charge is -2.37. The molecule has 4 aromatic rings. The van der Waals surface area contributed by atoms with Crippen LogP contribution in [0.3, 0.4) is 0 Å². The molecule has 1 N–H and O–H groups in total. The molecule has 3 heterocycles. The standard InChI is InChI=1S/C33H34ClN5O6S/c1-20-24(29-25(36-20)10-11-26(44-4)30(29)31(41)21-5-8-23(34)9-6-21)17-28(40)45-27-12-7-22(18-35-27)32(42)39-15-13-38(14-16-39)19-33(2,3)46-37-43/h5-12,18,36H,13-17,19H2,1-4H3. The first kappa shape index (κ1) is 33.1. The molecule has 2 aromatic carbocycles. The third-order valence-corrected chi connectivity index (χ3v) is 8.82. The summed E-state index contributed by atoms with van der Waals surface area (Å²) in [5.41, 5.74) is 3.14. The number of nitrogens with zero attached hydrogens (tertiary/aromatic N) is 4. The molecule has 1 amide bonds. The van der Waals surface area contributed by atoms with E-state index in [1.165, 1.54) is 19.4 Å². The predicted molar refractivity (Wildman–Crippen MR) is 178 cm³/mol. The van der Waals surface area contributed by atoms with Crippen molar-refractivity contribution in [2.75, 3.05) is 39.8 Å². The van der Waals surface area contributed by atoms with Gasteiger partial charge in [0.05, 0.1) is 24.7 Å². The molecule has 0 unspecified atom stereocenters. The van der Waals surface area contributed by atoms with E-state index in [4.69, 9.17) is 21.1 Å². The van der Waals surface area contributed by atoms with Crippen LogP contribution in [0.25, 0.3) is 10.9 Å². The minimum absolute atomic E-state index is 0.0578. The predicted octanol–water partition coefficient (Wildman–Crippen LogP) is 5.86. The largest absolute Gasteiger partial charge is 0.496 e. The van der Waals surface area contributed by atoms with Crippen molar-refractivity contribution in [3.8, 4) is 11.6 Å². The van der Waals surface area contributed by atoms with Crippen molar-refractivity contribution < 1.29 is 23.9 Å². The number of nitrogens with one attached hydrogen (secondary N) is 1. The average Bonchev–Trinajstić information content (AvgIpc) is 3.35. The van der Waals surface area contributed by atoms with Gasteiger partial charge in [-0.05, 0) is 68.8 Å². The Morgan fingerprint density at radius 3 is 2.35 bits per heavy atom. The summed E-state index contributed by atoms with van der Waals surface area (Å²) in [5, 5.41) is 1.09. The van der Waals surface area contributed by atoms with Crippen LogP contribution in [0, 0.1) is 11.8 Å². The van der Waals surface area contributed by atoms with Gasteiger partial charge in [0.25, 0.3) is 5.91 Å². The van der Waals surface area contributed by atoms with Gasteiger partial charge < -0.3 is 19.4 Å². The van der Waals surface area contributed by atoms with Crippen molar-refractivity contribution in [1.82, 2.24) is 19.8 Å². The molecule has 0 spiro atoms. The molecule has 0 aliphatic carbocycles. The number of ether oxygens (including phenoxy) is 2. The number of halogens is 1. The van der Waals surface area contributed by atoms with Crippen LogP contribution in [-0.2, 0) is 11.2 Å². The number of aromatic amines is 1. The fourth-order valence-electron chi connectivity index (χ4n) is 5.65. The Balaban J connectivity index is 1.27. The minimum atomic E-state index is -0.578. The number of amides is 1. The molecule has 1 aliphatic heterocycles. The van der Waals surface area contributed by atoms with E-state index < -0.39 is 5.97 Å². The summed E-state index contributed by atoms with van der Waals surface area (Å²) in [4.78, 5) is 62.0. The van der Waals surface area contributed by atoms with Crippen LogP contribution in [-0.4, -0.2) is 82.0 Å². The number of methoxy groups -OCH3 is 1. The number of aryl methyl sites for hydroxylation is 1. The van der Waals surface area contributed by atoms with Gasteiger partial charge in [-0.25, -0.2) is 4.98 Å². The zero-order chi connectivity index (χ0) is 33.0. The van der Waals surface area contributed by atoms with E-state index in [2.05, 4.69) is 19.5 Å². The number of rotatable bonds is 11. The number of hydrogen-bond acceptors (Lipinski definition) is 10. The number of fused-ring (bicyclic) bond motifs is 1. The van der Waals surface area contributed by atoms with Gasteiger partial charge in [-0.3, -0.25) is 19.3 Å². The Morgan fingerprint density at radius 2 is 1.72 bits per heavy atom. The lowest BCUT2D eigenvalue weighted by atomic mass is 9.95. The number of benzene rings is 2. The van der Waals surface area contributed by atoms with E-state index in [0.717, 1.165) is 11.9 Å². The first-order chi connectivity index (χ1) is 22.0. The molecule has 13 heteroatoms. The summed E-state index contributed by atoms with van der Waals surface area (Å²) < 4.78 is 13.8. The molecule has 0 radical (unpaired) electrons. The summed E-state index contributed by atoms with van der Waals surface area (Å²) in [5.74, 6) is -0.571. The van der Waals surface area contributed by atoms with Crippen LogP contribution < -0.4 is 9.47 Å². The van der Waals surface area contributed by atoms with Crippen LogP contribution in [0.15, 0.2) is 59.3 Å². The molecule has 46 heavy (non-hydrogen) atoms. The van der Waals surface area contributed by atoms with Crippen LogP contribution in [0.5, 0.6) is 11.6 Å². The third kappa shape index (κ3) is 7.41. The van der Waals surface area contributed by atoms with E-state index in [9.17, 15) is 19.3 Å². The molecular weight excluding hydrogens is 630 g/mol. The Kier molecular flexibility index (Phi) is 10.1. The fraction of sp³-hybridized carbons (Fsp3) is 0.333. The fourth-order valence-corrected chi connectivity index (χ4v) is 6.22. The van der Waals surface area contributed by atoms with E-state index in [1.807, 2.05) is 20.8 Å². The van der Waals surface area contributed by atoms with Gasteiger partial charge in [0.1, 0.15) is 5.75 Å². The Morgan fingerprint density at radius 1 is 1.02 bits per heavy atom. The van der Waals surface area contributed by atoms with Crippen molar-refractivity contribution in [3.05, 3.63) is 92.6 Å². The summed E-state index contributed by atoms with van der Waals surface area (Å²) >= 11 is 7.05. The zero-order valence-corrected chi connectivity index (χ0v) is 27.5. The Hall–Kier alpha value is -4.26. The number of carbonyl (C=O) groups excluding carboxylic acids is 3. The zero-order valence-electron chi connectivity index (χ0n) is 26.0. The topological polar surface area (TPSA) is 134 Å². The van der Waals surface area contributed by atoms with Gasteiger partial charge in [0.15, 0.2) is 5.78 Å². The van der Waals surface area contributed by atoms with Crippen LogP contribution in [0.4, 0.5) is 0 Å². The molecule has 240 valence electrons. The van der Waals surface area contributed by atoms with Gasteiger partial charge >= 0.3 is 5.97 Å². The number of pyridine rings is 1. The summed E-state index contributed by atoms with van der Waals surface area (Å²) in [6.45, 7) is 8.91. The lowest BCUT2D eigenvalue weighted by Crippen LogP contribution is -2.51. The van der Waals surface area contributed by atoms with Crippen LogP contribution in [0.1, 0.15) is 51.4 Å². The highest BCUT2D eigenvalue weighted by molar-refractivity contribution is 7.99. The summed E-state index contributed by atoms with van der Waals surface area (Å²) in [7, 11) is 1.49. The number of nitroso groups, excluding NO2 is 1. The number of H-pyrrole nitrogens is 1. The van der Waals surface area contributed by atoms with E-state index in [0.29, 0.717) is 82.3 Å².